The van der Waals surface area contributed by atoms with Crippen molar-refractivity contribution < 1.29 is 13.2 Å². The lowest BCUT2D eigenvalue weighted by Crippen LogP contribution is -2.34. The number of fused-ring (bicyclic) bond motifs is 1. The molecule has 1 saturated heterocycles. The van der Waals surface area contributed by atoms with Gasteiger partial charge in [0.2, 0.25) is 15.9 Å². The Kier molecular flexibility index (Phi) is 5.52. The van der Waals surface area contributed by atoms with E-state index in [1.165, 1.54) is 0 Å². The maximum atomic E-state index is 12.6. The van der Waals surface area contributed by atoms with Crippen molar-refractivity contribution in [3.05, 3.63) is 65.8 Å². The lowest BCUT2D eigenvalue weighted by molar-refractivity contribution is -0.130. The van der Waals surface area contributed by atoms with Crippen LogP contribution in [0.2, 0.25) is 5.02 Å². The predicted molar refractivity (Wildman–Crippen MR) is 116 cm³/mol. The predicted octanol–water partition coefficient (Wildman–Crippen LogP) is 3.73. The molecule has 3 aromatic rings. The van der Waals surface area contributed by atoms with Crippen LogP contribution in [0.1, 0.15) is 12.8 Å². The average Bonchev–Trinajstić information content (AvgIpc) is 3.34. The molecule has 152 valence electrons. The molecule has 1 aliphatic heterocycles. The first-order valence-electron chi connectivity index (χ1n) is 9.51. The fourth-order valence-electron chi connectivity index (χ4n) is 3.70. The fourth-order valence-corrected chi connectivity index (χ4v) is 5.31. The minimum absolute atomic E-state index is 0.0294. The molecule has 2 heterocycles. The van der Waals surface area contributed by atoms with Gasteiger partial charge in [0.25, 0.3) is 0 Å². The maximum absolute atomic E-state index is 12.6. The molecule has 8 heteroatoms. The fraction of sp³-hybridized carbons (Fsp3) is 0.286. The van der Waals surface area contributed by atoms with Crippen molar-refractivity contribution in [2.45, 2.75) is 24.6 Å². The second-order valence-corrected chi connectivity index (χ2v) is 9.62. The molecule has 1 aromatic heterocycles. The Morgan fingerprint density at radius 2 is 1.93 bits per heavy atom. The summed E-state index contributed by atoms with van der Waals surface area (Å²) >= 11 is 6.02. The first-order chi connectivity index (χ1) is 13.9. The van der Waals surface area contributed by atoms with Crippen molar-refractivity contribution in [2.24, 2.45) is 0 Å². The van der Waals surface area contributed by atoms with E-state index in [1.807, 2.05) is 41.1 Å². The average molecular weight is 432 g/mol. The molecule has 1 N–H and O–H groups in total. The molecule has 29 heavy (non-hydrogen) atoms. The van der Waals surface area contributed by atoms with Crippen LogP contribution in [0.15, 0.2) is 60.8 Å². The zero-order valence-corrected chi connectivity index (χ0v) is 17.4. The zero-order valence-electron chi connectivity index (χ0n) is 15.8. The molecule has 1 amide bonds. The quantitative estimate of drug-likeness (QED) is 0.646. The van der Waals surface area contributed by atoms with Crippen LogP contribution in [0.5, 0.6) is 0 Å². The first kappa shape index (κ1) is 19.8. The summed E-state index contributed by atoms with van der Waals surface area (Å²) in [6.07, 6.45) is 2.71. The van der Waals surface area contributed by atoms with Crippen LogP contribution < -0.4 is 4.72 Å². The number of aryl methyl sites for hydroxylation is 1. The van der Waals surface area contributed by atoms with Crippen molar-refractivity contribution in [3.8, 4) is 0 Å². The maximum Gasteiger partial charge on any atom is 0.237 e. The third kappa shape index (κ3) is 4.41. The number of nitrogens with zero attached hydrogens (tertiary/aromatic N) is 2. The highest BCUT2D eigenvalue weighted by Gasteiger charge is 2.35. The van der Waals surface area contributed by atoms with Crippen molar-refractivity contribution in [3.63, 3.8) is 0 Å². The van der Waals surface area contributed by atoms with E-state index in [4.69, 9.17) is 11.6 Å². The van der Waals surface area contributed by atoms with Crippen LogP contribution in [0.4, 0.5) is 5.69 Å². The Labute approximate surface area is 175 Å². The minimum Gasteiger partial charge on any atom is -0.347 e. The third-order valence-corrected chi connectivity index (χ3v) is 7.29. The zero-order chi connectivity index (χ0) is 20.4. The number of anilines is 1. The van der Waals surface area contributed by atoms with Crippen molar-refractivity contribution >= 4 is 44.1 Å². The number of likely N-dealkylation sites (tertiary alicyclic amines) is 1. The second kappa shape index (κ2) is 8.08. The number of hydrogen-bond acceptors (Lipinski definition) is 3. The topological polar surface area (TPSA) is 71.4 Å². The van der Waals surface area contributed by atoms with E-state index in [0.717, 1.165) is 10.9 Å². The van der Waals surface area contributed by atoms with E-state index in [9.17, 15) is 13.2 Å². The van der Waals surface area contributed by atoms with Crippen molar-refractivity contribution in [1.29, 1.82) is 0 Å². The molecule has 0 saturated carbocycles. The van der Waals surface area contributed by atoms with E-state index in [-0.39, 0.29) is 12.5 Å². The van der Waals surface area contributed by atoms with Gasteiger partial charge in [-0.15, -0.1) is 0 Å². The van der Waals surface area contributed by atoms with Gasteiger partial charge in [-0.1, -0.05) is 29.8 Å². The normalized spacial score (nSPS) is 17.0. The second-order valence-electron chi connectivity index (χ2n) is 7.23. The molecule has 1 fully saturated rings. The summed E-state index contributed by atoms with van der Waals surface area (Å²) in [5.74, 6) is -0.0294. The molecular weight excluding hydrogens is 410 g/mol. The van der Waals surface area contributed by atoms with E-state index < -0.39 is 15.3 Å². The van der Waals surface area contributed by atoms with E-state index in [1.54, 1.807) is 29.2 Å². The lowest BCUT2D eigenvalue weighted by atomic mass is 10.2. The highest BCUT2D eigenvalue weighted by Crippen LogP contribution is 2.23. The molecule has 0 bridgehead atoms. The molecular formula is C21H22ClN3O3S. The number of amides is 1. The summed E-state index contributed by atoms with van der Waals surface area (Å²) in [7, 11) is -3.53. The van der Waals surface area contributed by atoms with Crippen LogP contribution >= 0.6 is 11.6 Å². The van der Waals surface area contributed by atoms with Gasteiger partial charge in [-0.25, -0.2) is 8.42 Å². The summed E-state index contributed by atoms with van der Waals surface area (Å²) in [4.78, 5) is 14.3. The molecule has 1 aliphatic rings. The monoisotopic (exact) mass is 431 g/mol. The van der Waals surface area contributed by atoms with E-state index in [2.05, 4.69) is 4.72 Å². The summed E-state index contributed by atoms with van der Waals surface area (Å²) < 4.78 is 29.9. The summed E-state index contributed by atoms with van der Waals surface area (Å²) in [6.45, 7) is 1.23. The lowest BCUT2D eigenvalue weighted by Gasteiger charge is -2.18. The van der Waals surface area contributed by atoms with Crippen LogP contribution in [0.25, 0.3) is 10.9 Å². The van der Waals surface area contributed by atoms with Gasteiger partial charge in [0.15, 0.2) is 0 Å². The molecule has 0 aliphatic carbocycles. The van der Waals surface area contributed by atoms with Crippen molar-refractivity contribution in [1.82, 2.24) is 9.47 Å². The number of aromatic nitrogens is 1. The molecule has 1 unspecified atom stereocenters. The smallest absolute Gasteiger partial charge is 0.237 e. The molecule has 1 atom stereocenters. The number of sulfonamides is 1. The summed E-state index contributed by atoms with van der Waals surface area (Å²) in [5, 5.41) is 1.12. The van der Waals surface area contributed by atoms with Gasteiger partial charge in [0.05, 0.1) is 5.25 Å². The van der Waals surface area contributed by atoms with E-state index in [0.29, 0.717) is 36.6 Å². The largest absolute Gasteiger partial charge is 0.347 e. The molecule has 4 rings (SSSR count). The number of rotatable bonds is 6. The number of para-hydroxylation sites is 1. The Bertz CT molecular complexity index is 1130. The number of benzene rings is 2. The highest BCUT2D eigenvalue weighted by atomic mass is 35.5. The number of carbonyl (C=O) groups excluding carboxylic acids is 1. The Morgan fingerprint density at radius 1 is 1.14 bits per heavy atom. The Morgan fingerprint density at radius 3 is 2.72 bits per heavy atom. The van der Waals surface area contributed by atoms with Crippen LogP contribution in [-0.2, 0) is 21.4 Å². The number of nitrogens with one attached hydrogen (secondary N) is 1. The first-order valence-corrected chi connectivity index (χ1v) is 11.4. The summed E-state index contributed by atoms with van der Waals surface area (Å²) in [6, 6.07) is 16.4. The van der Waals surface area contributed by atoms with Crippen molar-refractivity contribution in [2.75, 3.05) is 17.8 Å². The minimum atomic E-state index is -3.53. The third-order valence-electron chi connectivity index (χ3n) is 5.27. The van der Waals surface area contributed by atoms with Crippen LogP contribution in [-0.4, -0.2) is 42.1 Å². The molecule has 0 spiro atoms. The molecule has 6 nitrogen and oxygen atoms in total. The van der Waals surface area contributed by atoms with Gasteiger partial charge >= 0.3 is 0 Å². The van der Waals surface area contributed by atoms with E-state index >= 15 is 0 Å². The van der Waals surface area contributed by atoms with Gasteiger partial charge < -0.3 is 9.47 Å². The Balaban J connectivity index is 1.35. The number of hydrogen-bond donors (Lipinski definition) is 1. The highest BCUT2D eigenvalue weighted by molar-refractivity contribution is 7.93. The molecule has 0 radical (unpaired) electrons. The van der Waals surface area contributed by atoms with Gasteiger partial charge in [-0.3, -0.25) is 9.52 Å². The van der Waals surface area contributed by atoms with Gasteiger partial charge in [0, 0.05) is 53.9 Å². The van der Waals surface area contributed by atoms with Gasteiger partial charge in [-0.05, 0) is 42.8 Å². The molecule has 2 aromatic carbocycles. The number of carbonyl (C=O) groups is 1. The number of halogens is 1. The van der Waals surface area contributed by atoms with Crippen LogP contribution in [0, 0.1) is 0 Å². The van der Waals surface area contributed by atoms with Gasteiger partial charge in [0.1, 0.15) is 0 Å². The SMILES string of the molecule is O=C(CCn1ccc2cc(Cl)ccc21)N1CCC(S(=O)(=O)Nc2ccccc2)C1. The van der Waals surface area contributed by atoms with Crippen LogP contribution in [0.3, 0.4) is 0 Å². The summed E-state index contributed by atoms with van der Waals surface area (Å²) in [5.41, 5.74) is 1.56. The standard InChI is InChI=1S/C21H22ClN3O3S/c22-17-6-7-20-16(14-17)8-11-24(20)13-10-21(26)25-12-9-19(15-25)29(27,28)23-18-4-2-1-3-5-18/h1-8,11,14,19,23H,9-10,12-13,15H2. The Hall–Kier alpha value is -2.51. The van der Waals surface area contributed by atoms with Gasteiger partial charge in [-0.2, -0.15) is 0 Å².